The van der Waals surface area contributed by atoms with Crippen LogP contribution in [-0.2, 0) is 99.7 Å². The van der Waals surface area contributed by atoms with Gasteiger partial charge in [0.15, 0.2) is 50.3 Å². The molecule has 0 aromatic carbocycles. The third-order valence-corrected chi connectivity index (χ3v) is 20.9. The minimum Gasteiger partial charge on any atom is -0.477 e. The van der Waals surface area contributed by atoms with Crippen LogP contribution in [0.5, 0.6) is 0 Å². The van der Waals surface area contributed by atoms with Crippen molar-refractivity contribution in [1.29, 1.82) is 0 Å². The summed E-state index contributed by atoms with van der Waals surface area (Å²) in [7, 11) is 0. The SMILES string of the molecule is CC(=O)N[C@H]1[C@H](O[C@H]2[C@@H](O)[C@@H](CO)O[C@@H](O[C@@H]3[C@@H](NC(C)=O)[C@H](O[C@H]4[C@@H](O)[C@@H](CO)O[C@@H](O[C@H]5[C@H](O)[C@@H](O)[C@H](O)O[C@@H]5CO)[C@@H]4O)O[C@H](CO)[C@H]3O[C@@H]3O[C@@H](C)[C@@H](O)[C@@H](O)[C@@H]3O)[C@@H]2O[C@@H]2O[C@@H](C)[C@@H](O)[C@@H](O)[C@@H]2O)O[C@H](CO)[C@@H](O[C@@H]2O[C@H](CO[C@]3(C(=O)O)C[C@H](O)[C@@H](NC(C)=O)[C@H]([C@H](O)[C@H](O)CO)O3)[C@H](O)[C@H](O)[C@H]2O)[C@@H]1O. The Morgan fingerprint density at radius 3 is 1.27 bits per heavy atom. The highest BCUT2D eigenvalue weighted by Crippen LogP contribution is 2.42. The number of amides is 3. The summed E-state index contributed by atoms with van der Waals surface area (Å²) in [6.45, 7) is -3.20. The molecule has 29 N–H and O–H groups in total. The zero-order valence-corrected chi connectivity index (χ0v) is 60.8. The van der Waals surface area contributed by atoms with Gasteiger partial charge in [0.2, 0.25) is 17.7 Å². The molecule has 0 radical (unpaired) electrons. The quantitative estimate of drug-likeness (QED) is 0.0331. The summed E-state index contributed by atoms with van der Waals surface area (Å²) in [5.41, 5.74) is 0. The highest BCUT2D eigenvalue weighted by molar-refractivity contribution is 5.77. The molecule has 46 atom stereocenters. The van der Waals surface area contributed by atoms with E-state index in [1.807, 2.05) is 0 Å². The summed E-state index contributed by atoms with van der Waals surface area (Å²) in [5, 5.41) is 295. The minimum atomic E-state index is -3.09. The Bertz CT molecular complexity index is 3040. The molecule has 0 aromatic rings. The van der Waals surface area contributed by atoms with E-state index < -0.39 is 358 Å². The van der Waals surface area contributed by atoms with Crippen LogP contribution in [0.3, 0.4) is 0 Å². The fraction of sp³-hybridized carbons (Fsp3) is 0.937. The predicted molar refractivity (Wildman–Crippen MR) is 346 cm³/mol. The third kappa shape index (κ3) is 20.1. The standard InChI is InChI=1S/C63H105N3O47/c1-14-30(78)37(85)42(90)57(98-14)108-48-25(12-72)104-56(110-51-34(82)21(8-68)101-60(45(51)93)107-47-23(10-70)100-54(94)41(89)40(47)88)29(66-18(5)75)50(48)109-61-53(112-58-43(91)38(86)31(79)15(2)99-58)52(35(83)22(9-69)102-61)111-55-28(65-17(4)74)36(84)46(24(11-71)103-55)106-59-44(92)39(87)33(81)26(105-59)13-97-63(62(95)96)6-19(76)27(64-16(3)73)49(113-63)32(80)20(77)7-67/h14-15,19-61,67-72,76-94H,6-13H2,1-5H3,(H,64,73)(H,65,74)(H,66,75)(H,95,96)/t14-,15-,19-,20+,21+,22+,23+,24+,25+,26+,27+,28+,29+,30+,31+,32+,33-,34-,35-,36+,37+,38+,39-,40+,41+,42-,43-,44+,45+,46+,47+,48+,49+,50+,51-,52-,53+,54+,55-,56-,57-,58-,59-,60-,61-,63+/m0/s1. The van der Waals surface area contributed by atoms with Crippen LogP contribution in [0.4, 0.5) is 0 Å². The number of carboxylic acids is 1. The molecular weight excluding hydrogens is 1550 g/mol. The van der Waals surface area contributed by atoms with E-state index in [1.165, 1.54) is 13.8 Å². The molecule has 9 heterocycles. The fourth-order valence-corrected chi connectivity index (χ4v) is 14.6. The lowest BCUT2D eigenvalue weighted by Crippen LogP contribution is -2.72. The molecule has 9 fully saturated rings. The lowest BCUT2D eigenvalue weighted by Gasteiger charge is -2.53. The number of hydrogen-bond acceptors (Lipinski definition) is 46. The van der Waals surface area contributed by atoms with Crippen molar-refractivity contribution >= 4 is 23.7 Å². The second-order valence-corrected chi connectivity index (χ2v) is 28.8. The number of aliphatic hydroxyl groups excluding tert-OH is 25. The van der Waals surface area contributed by atoms with E-state index >= 15 is 0 Å². The maximum atomic E-state index is 13.7. The minimum absolute atomic E-state index is 0.839. The second-order valence-electron chi connectivity index (χ2n) is 28.8. The summed E-state index contributed by atoms with van der Waals surface area (Å²) < 4.78 is 102. The van der Waals surface area contributed by atoms with E-state index in [2.05, 4.69) is 16.0 Å². The van der Waals surface area contributed by atoms with Crippen molar-refractivity contribution < 1.29 is 232 Å². The summed E-state index contributed by atoms with van der Waals surface area (Å²) in [5.74, 6) is -8.07. The molecule has 654 valence electrons. The van der Waals surface area contributed by atoms with Gasteiger partial charge in [0, 0.05) is 27.2 Å². The topological polar surface area (TPSA) is 787 Å². The fourth-order valence-electron chi connectivity index (χ4n) is 14.6. The van der Waals surface area contributed by atoms with Crippen LogP contribution in [0.25, 0.3) is 0 Å². The molecule has 3 amide bonds. The second kappa shape index (κ2) is 39.6. The molecule has 9 aliphatic rings. The molecule has 50 heteroatoms. The smallest absolute Gasteiger partial charge is 0.364 e. The van der Waals surface area contributed by atoms with Gasteiger partial charge in [0.05, 0.1) is 70.6 Å². The van der Waals surface area contributed by atoms with Gasteiger partial charge in [-0.2, -0.15) is 0 Å². The van der Waals surface area contributed by atoms with Crippen LogP contribution in [0, 0.1) is 0 Å². The Labute approximate surface area is 639 Å². The van der Waals surface area contributed by atoms with Gasteiger partial charge in [-0.1, -0.05) is 0 Å². The maximum absolute atomic E-state index is 13.7. The van der Waals surface area contributed by atoms with E-state index in [0.717, 1.165) is 20.8 Å². The van der Waals surface area contributed by atoms with Crippen LogP contribution in [0.15, 0.2) is 0 Å². The number of nitrogens with one attached hydrogen (secondary N) is 3. The van der Waals surface area contributed by atoms with E-state index in [4.69, 9.17) is 80.5 Å². The summed E-state index contributed by atoms with van der Waals surface area (Å²) >= 11 is 0. The monoisotopic (exact) mass is 1660 g/mol. The normalized spacial score (nSPS) is 49.2. The van der Waals surface area contributed by atoms with Crippen molar-refractivity contribution in [3.05, 3.63) is 0 Å². The van der Waals surface area contributed by atoms with Gasteiger partial charge in [-0.3, -0.25) is 14.4 Å². The lowest BCUT2D eigenvalue weighted by atomic mass is 9.88. The Kier molecular flexibility index (Phi) is 32.6. The van der Waals surface area contributed by atoms with Gasteiger partial charge < -0.3 is 229 Å². The first-order valence-corrected chi connectivity index (χ1v) is 36.0. The van der Waals surface area contributed by atoms with Gasteiger partial charge in [-0.05, 0) is 13.8 Å². The summed E-state index contributed by atoms with van der Waals surface area (Å²) in [6, 6.07) is -5.92. The number of carbonyl (C=O) groups is 4. The first-order valence-electron chi connectivity index (χ1n) is 36.0. The Morgan fingerprint density at radius 2 is 0.761 bits per heavy atom. The molecule has 0 saturated carbocycles. The van der Waals surface area contributed by atoms with Gasteiger partial charge in [0.1, 0.15) is 201 Å². The number of aliphatic hydroxyl groups is 25. The van der Waals surface area contributed by atoms with Crippen molar-refractivity contribution in [1.82, 2.24) is 16.0 Å². The molecule has 0 aromatic heterocycles. The van der Waals surface area contributed by atoms with Gasteiger partial charge in [0.25, 0.3) is 5.79 Å². The highest BCUT2D eigenvalue weighted by atomic mass is 16.8. The molecule has 0 bridgehead atoms. The van der Waals surface area contributed by atoms with Crippen LogP contribution in [0.2, 0.25) is 0 Å². The molecule has 0 spiro atoms. The molecule has 9 aliphatic heterocycles. The zero-order chi connectivity index (χ0) is 83.6. The molecule has 0 unspecified atom stereocenters. The molecular formula is C63H105N3O47. The van der Waals surface area contributed by atoms with Crippen molar-refractivity contribution in [2.24, 2.45) is 0 Å². The molecule has 50 nitrogen and oxygen atoms in total. The summed E-state index contributed by atoms with van der Waals surface area (Å²) in [4.78, 5) is 52.2. The molecule has 113 heavy (non-hydrogen) atoms. The Balaban J connectivity index is 1.07. The van der Waals surface area contributed by atoms with Crippen LogP contribution in [0.1, 0.15) is 41.0 Å². The van der Waals surface area contributed by atoms with Crippen LogP contribution in [-0.4, -0.2) is 484 Å². The number of carbonyl (C=O) groups excluding carboxylic acids is 3. The number of ether oxygens (including phenoxy) is 17. The molecule has 9 rings (SSSR count). The first kappa shape index (κ1) is 93.1. The molecule has 9 saturated heterocycles. The van der Waals surface area contributed by atoms with Crippen LogP contribution >= 0.6 is 0 Å². The summed E-state index contributed by atoms with van der Waals surface area (Å²) in [6.07, 6.45) is -90.6. The van der Waals surface area contributed by atoms with E-state index in [9.17, 15) is 152 Å². The van der Waals surface area contributed by atoms with Gasteiger partial charge in [-0.15, -0.1) is 0 Å². The van der Waals surface area contributed by atoms with Crippen molar-refractivity contribution in [3.63, 3.8) is 0 Å². The Hall–Kier alpha value is -3.80. The number of aliphatic carboxylic acids is 1. The molecule has 0 aliphatic carbocycles. The van der Waals surface area contributed by atoms with Gasteiger partial charge in [-0.25, -0.2) is 4.79 Å². The Morgan fingerprint density at radius 1 is 0.372 bits per heavy atom. The van der Waals surface area contributed by atoms with Crippen molar-refractivity contribution in [2.45, 2.75) is 323 Å². The van der Waals surface area contributed by atoms with Gasteiger partial charge >= 0.3 is 5.97 Å². The number of hydrogen-bond donors (Lipinski definition) is 29. The predicted octanol–water partition coefficient (Wildman–Crippen LogP) is -18.9. The van der Waals surface area contributed by atoms with E-state index in [1.54, 1.807) is 0 Å². The first-order chi connectivity index (χ1) is 53.2. The average molecular weight is 1660 g/mol. The van der Waals surface area contributed by atoms with Crippen LogP contribution < -0.4 is 16.0 Å². The highest BCUT2D eigenvalue weighted by Gasteiger charge is 2.63. The van der Waals surface area contributed by atoms with Crippen molar-refractivity contribution in [3.8, 4) is 0 Å². The zero-order valence-electron chi connectivity index (χ0n) is 60.8. The number of rotatable bonds is 29. The largest absolute Gasteiger partial charge is 0.477 e. The van der Waals surface area contributed by atoms with E-state index in [0.29, 0.717) is 0 Å². The lowest BCUT2D eigenvalue weighted by molar-refractivity contribution is -0.410. The van der Waals surface area contributed by atoms with E-state index in [-0.39, 0.29) is 0 Å². The average Bonchev–Trinajstić information content (AvgIpc) is 0.757. The maximum Gasteiger partial charge on any atom is 0.364 e. The van der Waals surface area contributed by atoms with Crippen molar-refractivity contribution in [2.75, 3.05) is 46.2 Å². The number of carboxylic acid groups (broad SMARTS) is 1. The third-order valence-electron chi connectivity index (χ3n) is 20.9.